The van der Waals surface area contributed by atoms with Crippen molar-refractivity contribution in [2.75, 3.05) is 20.3 Å². The molecular weight excluding hydrogens is 238 g/mol. The van der Waals surface area contributed by atoms with Crippen molar-refractivity contribution in [2.45, 2.75) is 37.3 Å². The Morgan fingerprint density at radius 2 is 2.17 bits per heavy atom. The molecule has 102 valence electrons. The summed E-state index contributed by atoms with van der Waals surface area (Å²) >= 11 is 0. The zero-order valence-electron chi connectivity index (χ0n) is 10.5. The molecule has 2 atom stereocenters. The summed E-state index contributed by atoms with van der Waals surface area (Å²) < 4.78 is 10.5. The zero-order valence-corrected chi connectivity index (χ0v) is 10.5. The van der Waals surface area contributed by atoms with E-state index in [1.807, 2.05) is 0 Å². The molecule has 1 aliphatic heterocycles. The Balaban J connectivity index is 1.85. The van der Waals surface area contributed by atoms with E-state index in [0.717, 1.165) is 19.3 Å². The van der Waals surface area contributed by atoms with Gasteiger partial charge in [-0.3, -0.25) is 9.59 Å². The number of nitrogens with one attached hydrogen (secondary N) is 1. The van der Waals surface area contributed by atoms with Gasteiger partial charge in [0.25, 0.3) is 0 Å². The van der Waals surface area contributed by atoms with E-state index in [0.29, 0.717) is 6.42 Å². The summed E-state index contributed by atoms with van der Waals surface area (Å²) in [7, 11) is 1.62. The van der Waals surface area contributed by atoms with Crippen LogP contribution in [0.1, 0.15) is 25.7 Å². The molecule has 6 heteroatoms. The number of carboxylic acids is 1. The van der Waals surface area contributed by atoms with E-state index in [1.165, 1.54) is 0 Å². The Bertz CT molecular complexity index is 334. The van der Waals surface area contributed by atoms with Crippen LogP contribution in [-0.2, 0) is 19.1 Å². The molecule has 1 heterocycles. The Morgan fingerprint density at radius 1 is 1.44 bits per heavy atom. The highest BCUT2D eigenvalue weighted by atomic mass is 16.5. The van der Waals surface area contributed by atoms with Crippen LogP contribution in [0.15, 0.2) is 0 Å². The fraction of sp³-hybridized carbons (Fsp3) is 0.833. The van der Waals surface area contributed by atoms with Crippen molar-refractivity contribution in [3.05, 3.63) is 0 Å². The second-order valence-electron chi connectivity index (χ2n) is 5.07. The number of aliphatic carboxylic acids is 1. The monoisotopic (exact) mass is 257 g/mol. The Hall–Kier alpha value is -1.14. The fourth-order valence-corrected chi connectivity index (χ4v) is 2.51. The second kappa shape index (κ2) is 5.24. The van der Waals surface area contributed by atoms with Crippen molar-refractivity contribution in [3.8, 4) is 0 Å². The molecule has 0 aromatic carbocycles. The summed E-state index contributed by atoms with van der Waals surface area (Å²) in [6, 6.07) is -0.427. The molecule has 0 aromatic heterocycles. The predicted molar refractivity (Wildman–Crippen MR) is 62.1 cm³/mol. The van der Waals surface area contributed by atoms with Gasteiger partial charge in [-0.2, -0.15) is 0 Å². The van der Waals surface area contributed by atoms with Gasteiger partial charge in [-0.15, -0.1) is 0 Å². The first kappa shape index (κ1) is 13.3. The Morgan fingerprint density at radius 3 is 2.67 bits per heavy atom. The topological polar surface area (TPSA) is 84.9 Å². The van der Waals surface area contributed by atoms with Crippen LogP contribution in [0.4, 0.5) is 0 Å². The third kappa shape index (κ3) is 2.64. The molecule has 2 fully saturated rings. The lowest BCUT2D eigenvalue weighted by Gasteiger charge is -2.40. The zero-order chi connectivity index (χ0) is 13.2. The lowest BCUT2D eigenvalue weighted by molar-refractivity contribution is -0.142. The van der Waals surface area contributed by atoms with Gasteiger partial charge in [0.05, 0.1) is 31.3 Å². The van der Waals surface area contributed by atoms with Gasteiger partial charge in [0.15, 0.2) is 0 Å². The molecule has 0 aromatic rings. The van der Waals surface area contributed by atoms with Crippen LogP contribution in [0.2, 0.25) is 0 Å². The molecule has 2 rings (SSSR count). The minimum absolute atomic E-state index is 0.154. The van der Waals surface area contributed by atoms with Crippen LogP contribution in [0.5, 0.6) is 0 Å². The number of carbonyl (C=O) groups excluding carboxylic acids is 1. The minimum Gasteiger partial charge on any atom is -0.481 e. The second-order valence-corrected chi connectivity index (χ2v) is 5.07. The summed E-state index contributed by atoms with van der Waals surface area (Å²) in [5.74, 6) is -1.73. The van der Waals surface area contributed by atoms with Gasteiger partial charge in [0, 0.05) is 7.11 Å². The number of hydrogen-bond donors (Lipinski definition) is 2. The van der Waals surface area contributed by atoms with Crippen molar-refractivity contribution in [1.82, 2.24) is 5.32 Å². The highest BCUT2D eigenvalue weighted by molar-refractivity contribution is 5.79. The lowest BCUT2D eigenvalue weighted by Crippen LogP contribution is -2.48. The van der Waals surface area contributed by atoms with Crippen molar-refractivity contribution in [1.29, 1.82) is 0 Å². The molecule has 0 spiro atoms. The Labute approximate surface area is 106 Å². The smallest absolute Gasteiger partial charge is 0.311 e. The first-order valence-corrected chi connectivity index (χ1v) is 6.21. The van der Waals surface area contributed by atoms with Gasteiger partial charge in [-0.1, -0.05) is 0 Å². The number of rotatable bonds is 5. The third-order valence-corrected chi connectivity index (χ3v) is 3.92. The van der Waals surface area contributed by atoms with E-state index in [4.69, 9.17) is 14.6 Å². The summed E-state index contributed by atoms with van der Waals surface area (Å²) in [6.07, 6.45) is 3.15. The van der Waals surface area contributed by atoms with Crippen molar-refractivity contribution in [2.24, 2.45) is 5.92 Å². The van der Waals surface area contributed by atoms with Crippen molar-refractivity contribution >= 4 is 11.9 Å². The van der Waals surface area contributed by atoms with E-state index in [-0.39, 0.29) is 24.7 Å². The van der Waals surface area contributed by atoms with Crippen LogP contribution in [0.3, 0.4) is 0 Å². The van der Waals surface area contributed by atoms with Crippen molar-refractivity contribution < 1.29 is 24.2 Å². The Kier molecular flexibility index (Phi) is 3.87. The average molecular weight is 257 g/mol. The van der Waals surface area contributed by atoms with E-state index in [1.54, 1.807) is 7.11 Å². The van der Waals surface area contributed by atoms with Gasteiger partial charge >= 0.3 is 5.97 Å². The molecular formula is C12H19NO5. The molecule has 2 unspecified atom stereocenters. The van der Waals surface area contributed by atoms with E-state index in [2.05, 4.69) is 5.32 Å². The molecule has 0 bridgehead atoms. The maximum atomic E-state index is 11.9. The summed E-state index contributed by atoms with van der Waals surface area (Å²) in [4.78, 5) is 22.8. The molecule has 1 aliphatic carbocycles. The number of amides is 1. The highest BCUT2D eigenvalue weighted by Gasteiger charge is 2.41. The third-order valence-electron chi connectivity index (χ3n) is 3.92. The number of hydrogen-bond acceptors (Lipinski definition) is 4. The quantitative estimate of drug-likeness (QED) is 0.733. The van der Waals surface area contributed by atoms with Crippen molar-refractivity contribution in [3.63, 3.8) is 0 Å². The largest absolute Gasteiger partial charge is 0.481 e. The number of carbonyl (C=O) groups is 2. The first-order valence-electron chi connectivity index (χ1n) is 6.21. The molecule has 0 radical (unpaired) electrons. The SMILES string of the molecule is COC1(CC(=O)NC2COCC2C(=O)O)CCC1. The summed E-state index contributed by atoms with van der Waals surface area (Å²) in [5.41, 5.74) is -0.331. The van der Waals surface area contributed by atoms with E-state index in [9.17, 15) is 9.59 Å². The lowest BCUT2D eigenvalue weighted by atomic mass is 9.77. The fourth-order valence-electron chi connectivity index (χ4n) is 2.51. The number of methoxy groups -OCH3 is 1. The van der Waals surface area contributed by atoms with Gasteiger partial charge < -0.3 is 19.9 Å². The van der Waals surface area contributed by atoms with Crippen LogP contribution in [0, 0.1) is 5.92 Å². The molecule has 2 N–H and O–H groups in total. The predicted octanol–water partition coefficient (Wildman–Crippen LogP) is 0.161. The normalized spacial score (nSPS) is 29.6. The highest BCUT2D eigenvalue weighted by Crippen LogP contribution is 2.37. The molecule has 18 heavy (non-hydrogen) atoms. The van der Waals surface area contributed by atoms with Crippen LogP contribution < -0.4 is 5.32 Å². The molecule has 1 amide bonds. The van der Waals surface area contributed by atoms with Gasteiger partial charge in [0.2, 0.25) is 5.91 Å². The molecule has 1 saturated heterocycles. The van der Waals surface area contributed by atoms with Crippen LogP contribution in [0.25, 0.3) is 0 Å². The summed E-state index contributed by atoms with van der Waals surface area (Å²) in [6.45, 7) is 0.429. The maximum absolute atomic E-state index is 11.9. The first-order chi connectivity index (χ1) is 8.56. The minimum atomic E-state index is -0.928. The molecule has 2 aliphatic rings. The van der Waals surface area contributed by atoms with Gasteiger partial charge in [0.1, 0.15) is 5.92 Å². The van der Waals surface area contributed by atoms with E-state index >= 15 is 0 Å². The average Bonchev–Trinajstić information content (AvgIpc) is 2.71. The molecule has 1 saturated carbocycles. The summed E-state index contributed by atoms with van der Waals surface area (Å²) in [5, 5.41) is 11.7. The number of ether oxygens (including phenoxy) is 2. The van der Waals surface area contributed by atoms with Gasteiger partial charge in [-0.05, 0) is 19.3 Å². The van der Waals surface area contributed by atoms with E-state index < -0.39 is 17.9 Å². The maximum Gasteiger partial charge on any atom is 0.311 e. The molecule has 6 nitrogen and oxygen atoms in total. The number of carboxylic acid groups (broad SMARTS) is 1. The van der Waals surface area contributed by atoms with Crippen LogP contribution in [-0.4, -0.2) is 48.9 Å². The van der Waals surface area contributed by atoms with Crippen LogP contribution >= 0.6 is 0 Å². The standard InChI is InChI=1S/C12H19NO5/c1-17-12(3-2-4-12)5-10(14)13-9-7-18-6-8(9)11(15)16/h8-9H,2-7H2,1H3,(H,13,14)(H,15,16). The van der Waals surface area contributed by atoms with Gasteiger partial charge in [-0.25, -0.2) is 0 Å².